The van der Waals surface area contributed by atoms with Gasteiger partial charge in [-0.3, -0.25) is 0 Å². The molecule has 1 aromatic rings. The van der Waals surface area contributed by atoms with Gasteiger partial charge in [-0.1, -0.05) is 15.9 Å². The molecule has 0 spiro atoms. The summed E-state index contributed by atoms with van der Waals surface area (Å²) in [6.07, 6.45) is 2.44. The van der Waals surface area contributed by atoms with Gasteiger partial charge in [0.1, 0.15) is 5.82 Å². The maximum absolute atomic E-state index is 13.5. The standard InChI is InChI=1S/C16H23BrFNO2/c1-3-21-16(6-8-20-9-7-16)15(19-2)11-12-10-13(18)4-5-14(12)17/h4-5,10,15,19H,3,6-9,11H2,1-2H3. The molecule has 0 radical (unpaired) electrons. The molecular formula is C16H23BrFNO2. The van der Waals surface area contributed by atoms with E-state index in [0.29, 0.717) is 19.8 Å². The molecule has 1 unspecified atom stereocenters. The van der Waals surface area contributed by atoms with Crippen LogP contribution in [0.15, 0.2) is 22.7 Å². The van der Waals surface area contributed by atoms with Crippen LogP contribution >= 0.6 is 15.9 Å². The van der Waals surface area contributed by atoms with Gasteiger partial charge in [-0.25, -0.2) is 4.39 Å². The van der Waals surface area contributed by atoms with Crippen molar-refractivity contribution >= 4 is 15.9 Å². The molecule has 1 N–H and O–H groups in total. The summed E-state index contributed by atoms with van der Waals surface area (Å²) in [5.74, 6) is -0.208. The molecule has 3 nitrogen and oxygen atoms in total. The predicted octanol–water partition coefficient (Wildman–Crippen LogP) is 3.30. The Bertz CT molecular complexity index is 458. The normalized spacial score (nSPS) is 19.4. The van der Waals surface area contributed by atoms with Gasteiger partial charge in [-0.2, -0.15) is 0 Å². The lowest BCUT2D eigenvalue weighted by Gasteiger charge is -2.43. The van der Waals surface area contributed by atoms with Gasteiger partial charge in [0.05, 0.1) is 5.60 Å². The first-order chi connectivity index (χ1) is 10.1. The van der Waals surface area contributed by atoms with E-state index in [0.717, 1.165) is 29.3 Å². The van der Waals surface area contributed by atoms with E-state index in [4.69, 9.17) is 9.47 Å². The van der Waals surface area contributed by atoms with E-state index in [9.17, 15) is 4.39 Å². The van der Waals surface area contributed by atoms with Crippen LogP contribution in [0.3, 0.4) is 0 Å². The van der Waals surface area contributed by atoms with Gasteiger partial charge in [-0.15, -0.1) is 0 Å². The summed E-state index contributed by atoms with van der Waals surface area (Å²) in [4.78, 5) is 0. The molecule has 0 bridgehead atoms. The third-order valence-electron chi connectivity index (χ3n) is 4.19. The van der Waals surface area contributed by atoms with E-state index >= 15 is 0 Å². The van der Waals surface area contributed by atoms with E-state index < -0.39 is 0 Å². The first-order valence-electron chi connectivity index (χ1n) is 7.44. The second kappa shape index (κ2) is 7.68. The molecule has 1 aliphatic rings. The number of likely N-dealkylation sites (N-methyl/N-ethyl adjacent to an activating group) is 1. The Morgan fingerprint density at radius 2 is 2.14 bits per heavy atom. The van der Waals surface area contributed by atoms with Gasteiger partial charge in [0.15, 0.2) is 0 Å². The average Bonchev–Trinajstić information content (AvgIpc) is 2.49. The average molecular weight is 360 g/mol. The third-order valence-corrected chi connectivity index (χ3v) is 4.96. The number of benzene rings is 1. The summed E-state index contributed by atoms with van der Waals surface area (Å²) in [6.45, 7) is 4.11. The van der Waals surface area contributed by atoms with Crippen LogP contribution in [0.25, 0.3) is 0 Å². The molecule has 1 aliphatic heterocycles. The fourth-order valence-corrected chi connectivity index (χ4v) is 3.48. The van der Waals surface area contributed by atoms with Crippen molar-refractivity contribution in [3.05, 3.63) is 34.1 Å². The molecule has 21 heavy (non-hydrogen) atoms. The molecule has 118 valence electrons. The number of hydrogen-bond donors (Lipinski definition) is 1. The summed E-state index contributed by atoms with van der Waals surface area (Å²) >= 11 is 3.51. The van der Waals surface area contributed by atoms with Crippen molar-refractivity contribution in [3.8, 4) is 0 Å². The highest BCUT2D eigenvalue weighted by Gasteiger charge is 2.40. The van der Waals surface area contributed by atoms with Crippen molar-refractivity contribution in [1.29, 1.82) is 0 Å². The zero-order valence-corrected chi connectivity index (χ0v) is 14.2. The molecule has 0 saturated carbocycles. The van der Waals surface area contributed by atoms with E-state index in [2.05, 4.69) is 21.2 Å². The molecule has 5 heteroatoms. The SMILES string of the molecule is CCOC1(C(Cc2cc(F)ccc2Br)NC)CCOCC1. The minimum absolute atomic E-state index is 0.124. The minimum atomic E-state index is -0.243. The van der Waals surface area contributed by atoms with Crippen molar-refractivity contribution < 1.29 is 13.9 Å². The van der Waals surface area contributed by atoms with Gasteiger partial charge >= 0.3 is 0 Å². The molecule has 1 saturated heterocycles. The lowest BCUT2D eigenvalue weighted by Crippen LogP contribution is -2.55. The van der Waals surface area contributed by atoms with E-state index in [1.54, 1.807) is 12.1 Å². The maximum Gasteiger partial charge on any atom is 0.123 e. The summed E-state index contributed by atoms with van der Waals surface area (Å²) in [7, 11) is 1.94. The molecule has 2 rings (SSSR count). The fraction of sp³-hybridized carbons (Fsp3) is 0.625. The van der Waals surface area contributed by atoms with E-state index in [1.165, 1.54) is 6.07 Å². The largest absolute Gasteiger partial charge is 0.381 e. The van der Waals surface area contributed by atoms with Gasteiger partial charge in [-0.05, 0) is 44.2 Å². The zero-order chi connectivity index (χ0) is 15.3. The van der Waals surface area contributed by atoms with E-state index in [1.807, 2.05) is 14.0 Å². The number of nitrogens with one attached hydrogen (secondary N) is 1. The first-order valence-corrected chi connectivity index (χ1v) is 8.23. The number of rotatable bonds is 6. The molecule has 1 fully saturated rings. The second-order valence-electron chi connectivity index (χ2n) is 5.39. The van der Waals surface area contributed by atoms with Crippen LogP contribution < -0.4 is 5.32 Å². The van der Waals surface area contributed by atoms with Crippen LogP contribution in [-0.2, 0) is 15.9 Å². The lowest BCUT2D eigenvalue weighted by atomic mass is 9.82. The molecule has 1 heterocycles. The molecular weight excluding hydrogens is 337 g/mol. The fourth-order valence-electron chi connectivity index (χ4n) is 3.07. The Labute approximate surface area is 134 Å². The Hall–Kier alpha value is -0.490. The highest BCUT2D eigenvalue weighted by atomic mass is 79.9. The van der Waals surface area contributed by atoms with Crippen LogP contribution in [0, 0.1) is 5.82 Å². The Kier molecular flexibility index (Phi) is 6.17. The number of hydrogen-bond acceptors (Lipinski definition) is 3. The molecule has 0 amide bonds. The zero-order valence-electron chi connectivity index (χ0n) is 12.6. The van der Waals surface area contributed by atoms with Gasteiger partial charge in [0.25, 0.3) is 0 Å². The maximum atomic E-state index is 13.5. The topological polar surface area (TPSA) is 30.5 Å². The Morgan fingerprint density at radius 1 is 1.43 bits per heavy atom. The summed E-state index contributed by atoms with van der Waals surface area (Å²) < 4.78 is 26.0. The summed E-state index contributed by atoms with van der Waals surface area (Å²) in [5.41, 5.74) is 0.716. The number of halogens is 2. The Balaban J connectivity index is 2.22. The highest BCUT2D eigenvalue weighted by molar-refractivity contribution is 9.10. The Morgan fingerprint density at radius 3 is 2.76 bits per heavy atom. The molecule has 0 aliphatic carbocycles. The van der Waals surface area contributed by atoms with Crippen LogP contribution in [-0.4, -0.2) is 38.5 Å². The monoisotopic (exact) mass is 359 g/mol. The van der Waals surface area contributed by atoms with Crippen molar-refractivity contribution in [2.45, 2.75) is 37.8 Å². The van der Waals surface area contributed by atoms with E-state index in [-0.39, 0.29) is 17.5 Å². The summed E-state index contributed by atoms with van der Waals surface area (Å²) in [6, 6.07) is 4.94. The lowest BCUT2D eigenvalue weighted by molar-refractivity contribution is -0.125. The smallest absolute Gasteiger partial charge is 0.123 e. The van der Waals surface area contributed by atoms with Gasteiger partial charge < -0.3 is 14.8 Å². The van der Waals surface area contributed by atoms with Crippen molar-refractivity contribution in [3.63, 3.8) is 0 Å². The minimum Gasteiger partial charge on any atom is -0.381 e. The highest BCUT2D eigenvalue weighted by Crippen LogP contribution is 2.32. The van der Waals surface area contributed by atoms with Crippen molar-refractivity contribution in [2.75, 3.05) is 26.9 Å². The molecule has 0 aromatic heterocycles. The predicted molar refractivity (Wildman–Crippen MR) is 85.1 cm³/mol. The quantitative estimate of drug-likeness (QED) is 0.845. The molecule has 1 atom stereocenters. The van der Waals surface area contributed by atoms with Crippen LogP contribution in [0.2, 0.25) is 0 Å². The molecule has 1 aromatic carbocycles. The van der Waals surface area contributed by atoms with Crippen LogP contribution in [0.1, 0.15) is 25.3 Å². The second-order valence-corrected chi connectivity index (χ2v) is 6.25. The number of ether oxygens (including phenoxy) is 2. The van der Waals surface area contributed by atoms with Crippen molar-refractivity contribution in [2.24, 2.45) is 0 Å². The van der Waals surface area contributed by atoms with Crippen LogP contribution in [0.5, 0.6) is 0 Å². The third kappa shape index (κ3) is 4.03. The van der Waals surface area contributed by atoms with Crippen molar-refractivity contribution in [1.82, 2.24) is 5.32 Å². The van der Waals surface area contributed by atoms with Gasteiger partial charge in [0.2, 0.25) is 0 Å². The van der Waals surface area contributed by atoms with Gasteiger partial charge in [0, 0.05) is 43.2 Å². The van der Waals surface area contributed by atoms with Crippen LogP contribution in [0.4, 0.5) is 4.39 Å². The summed E-state index contributed by atoms with van der Waals surface area (Å²) in [5, 5.41) is 3.37. The first kappa shape index (κ1) is 16.9.